The summed E-state index contributed by atoms with van der Waals surface area (Å²) in [6.07, 6.45) is 0. The van der Waals surface area contributed by atoms with E-state index in [4.69, 9.17) is 23.8 Å². The van der Waals surface area contributed by atoms with Gasteiger partial charge >= 0.3 is 0 Å². The summed E-state index contributed by atoms with van der Waals surface area (Å²) in [5.41, 5.74) is 15.8. The number of rotatable bonds is 7. The number of furan rings is 2. The van der Waals surface area contributed by atoms with Gasteiger partial charge in [0, 0.05) is 49.1 Å². The van der Waals surface area contributed by atoms with Gasteiger partial charge in [-0.3, -0.25) is 0 Å². The molecule has 0 aliphatic rings. The largest absolute Gasteiger partial charge is 0.456 e. The van der Waals surface area contributed by atoms with E-state index in [-0.39, 0.29) is 0 Å². The standard InChI is InChI=1S/C63H38N4O2/c1-3-17-39(18-4-1)61-64-62(66-63(65-61)53-29-15-28-50-47-24-12-14-32-56(47)69-60(50)53)51-25-10-9-23-46(51)45-22-8-7-21-43(45)40-33-35-48-49-36-34-41(38-58(49)68-57(48)37-40)44-27-16-31-55-59(44)52-26-11-13-30-54(52)67(55)42-19-5-2-6-20-42/h1-38H. The Hall–Kier alpha value is -9.39. The van der Waals surface area contributed by atoms with E-state index in [1.165, 1.54) is 27.4 Å². The number of hydrogen-bond donors (Lipinski definition) is 0. The summed E-state index contributed by atoms with van der Waals surface area (Å²) in [5.74, 6) is 1.70. The molecule has 0 N–H and O–H groups in total. The monoisotopic (exact) mass is 882 g/mol. The van der Waals surface area contributed by atoms with Gasteiger partial charge in [0.1, 0.15) is 22.3 Å². The molecule has 0 saturated heterocycles. The number of para-hydroxylation sites is 4. The van der Waals surface area contributed by atoms with Gasteiger partial charge in [-0.15, -0.1) is 0 Å². The van der Waals surface area contributed by atoms with Crippen LogP contribution in [0.1, 0.15) is 0 Å². The molecule has 14 rings (SSSR count). The average molecular weight is 883 g/mol. The van der Waals surface area contributed by atoms with Crippen molar-refractivity contribution in [2.75, 3.05) is 0 Å². The number of hydrogen-bond acceptors (Lipinski definition) is 5. The van der Waals surface area contributed by atoms with E-state index in [0.717, 1.165) is 94.1 Å². The quantitative estimate of drug-likeness (QED) is 0.159. The fourth-order valence-corrected chi connectivity index (χ4v) is 10.4. The fraction of sp³-hybridized carbons (Fsp3) is 0. The normalized spacial score (nSPS) is 11.8. The lowest BCUT2D eigenvalue weighted by Gasteiger charge is -2.15. The second kappa shape index (κ2) is 15.6. The molecule has 0 radical (unpaired) electrons. The molecule has 0 bridgehead atoms. The highest BCUT2D eigenvalue weighted by Crippen LogP contribution is 2.43. The van der Waals surface area contributed by atoms with Gasteiger partial charge in [-0.05, 0) is 94.0 Å². The van der Waals surface area contributed by atoms with Gasteiger partial charge in [-0.2, -0.15) is 0 Å². The number of benzene rings is 10. The van der Waals surface area contributed by atoms with E-state index in [0.29, 0.717) is 17.5 Å². The molecule has 6 nitrogen and oxygen atoms in total. The van der Waals surface area contributed by atoms with Crippen LogP contribution in [0.25, 0.3) is 139 Å². The van der Waals surface area contributed by atoms with E-state index in [1.54, 1.807) is 0 Å². The molecular formula is C63H38N4O2. The van der Waals surface area contributed by atoms with Crippen molar-refractivity contribution in [3.63, 3.8) is 0 Å². The summed E-state index contributed by atoms with van der Waals surface area (Å²) in [6.45, 7) is 0. The van der Waals surface area contributed by atoms with Crippen LogP contribution in [0.15, 0.2) is 239 Å². The molecule has 0 amide bonds. The SMILES string of the molecule is c1ccc(-c2nc(-c3ccccc3-c3ccccc3-c3ccc4c(c3)oc3cc(-c5cccc6c5c5ccccc5n6-c5ccccc5)ccc34)nc(-c3cccc4c3oc3ccccc34)n2)cc1. The zero-order valence-corrected chi connectivity index (χ0v) is 37.0. The van der Waals surface area contributed by atoms with Gasteiger partial charge in [-0.25, -0.2) is 15.0 Å². The number of nitrogens with zero attached hydrogens (tertiary/aromatic N) is 4. The van der Waals surface area contributed by atoms with Crippen LogP contribution in [-0.2, 0) is 0 Å². The van der Waals surface area contributed by atoms with Gasteiger partial charge in [0.2, 0.25) is 0 Å². The third-order valence-electron chi connectivity index (χ3n) is 13.5. The Balaban J connectivity index is 0.883. The van der Waals surface area contributed by atoms with Crippen LogP contribution >= 0.6 is 0 Å². The first-order chi connectivity index (χ1) is 34.2. The molecule has 4 aromatic heterocycles. The van der Waals surface area contributed by atoms with Crippen molar-refractivity contribution in [3.8, 4) is 73.2 Å². The summed E-state index contributed by atoms with van der Waals surface area (Å²) >= 11 is 0. The highest BCUT2D eigenvalue weighted by Gasteiger charge is 2.22. The van der Waals surface area contributed by atoms with E-state index in [9.17, 15) is 0 Å². The molecule has 0 fully saturated rings. The second-order valence-electron chi connectivity index (χ2n) is 17.5. The van der Waals surface area contributed by atoms with Gasteiger partial charge in [-0.1, -0.05) is 170 Å². The fourth-order valence-electron chi connectivity index (χ4n) is 10.4. The Bertz CT molecular complexity index is 4320. The van der Waals surface area contributed by atoms with Crippen LogP contribution in [0, 0.1) is 0 Å². The third kappa shape index (κ3) is 6.30. The maximum Gasteiger partial charge on any atom is 0.167 e. The molecule has 0 atom stereocenters. The summed E-state index contributed by atoms with van der Waals surface area (Å²) in [5, 5.41) is 6.66. The van der Waals surface area contributed by atoms with Crippen LogP contribution in [0.4, 0.5) is 0 Å². The predicted molar refractivity (Wildman–Crippen MR) is 281 cm³/mol. The Morgan fingerprint density at radius 3 is 1.57 bits per heavy atom. The van der Waals surface area contributed by atoms with Crippen molar-refractivity contribution in [2.45, 2.75) is 0 Å². The lowest BCUT2D eigenvalue weighted by molar-refractivity contribution is 0.669. The van der Waals surface area contributed by atoms with Crippen LogP contribution < -0.4 is 0 Å². The summed E-state index contributed by atoms with van der Waals surface area (Å²) in [6, 6.07) is 80.3. The molecule has 0 unspecified atom stereocenters. The molecule has 0 aliphatic heterocycles. The molecule has 14 aromatic rings. The van der Waals surface area contributed by atoms with E-state index < -0.39 is 0 Å². The molecule has 6 heteroatoms. The first-order valence-electron chi connectivity index (χ1n) is 23.2. The average Bonchev–Trinajstić information content (AvgIpc) is 4.10. The molecule has 10 aromatic carbocycles. The molecule has 69 heavy (non-hydrogen) atoms. The molecule has 4 heterocycles. The Labute approximate surface area is 396 Å². The minimum Gasteiger partial charge on any atom is -0.456 e. The summed E-state index contributed by atoms with van der Waals surface area (Å²) in [7, 11) is 0. The van der Waals surface area contributed by atoms with Crippen molar-refractivity contribution in [1.82, 2.24) is 19.5 Å². The topological polar surface area (TPSA) is 69.9 Å². The maximum absolute atomic E-state index is 6.81. The lowest BCUT2D eigenvalue weighted by Crippen LogP contribution is -2.01. The Morgan fingerprint density at radius 2 is 0.797 bits per heavy atom. The zero-order chi connectivity index (χ0) is 45.4. The Kier molecular flexibility index (Phi) is 8.79. The predicted octanol–water partition coefficient (Wildman–Crippen LogP) is 16.8. The first kappa shape index (κ1) is 38.8. The van der Waals surface area contributed by atoms with Crippen molar-refractivity contribution in [1.29, 1.82) is 0 Å². The van der Waals surface area contributed by atoms with Gasteiger partial charge < -0.3 is 13.4 Å². The summed E-state index contributed by atoms with van der Waals surface area (Å²) < 4.78 is 15.7. The maximum atomic E-state index is 6.81. The summed E-state index contributed by atoms with van der Waals surface area (Å²) in [4.78, 5) is 15.5. The Morgan fingerprint density at radius 1 is 0.290 bits per heavy atom. The van der Waals surface area contributed by atoms with Gasteiger partial charge in [0.05, 0.1) is 16.6 Å². The minimum atomic E-state index is 0.542. The molecule has 322 valence electrons. The van der Waals surface area contributed by atoms with Crippen molar-refractivity contribution in [3.05, 3.63) is 231 Å². The van der Waals surface area contributed by atoms with E-state index in [1.807, 2.05) is 66.7 Å². The number of aromatic nitrogens is 4. The third-order valence-corrected chi connectivity index (χ3v) is 13.5. The lowest BCUT2D eigenvalue weighted by atomic mass is 9.91. The smallest absolute Gasteiger partial charge is 0.167 e. The van der Waals surface area contributed by atoms with Crippen molar-refractivity contribution < 1.29 is 8.83 Å². The van der Waals surface area contributed by atoms with Crippen molar-refractivity contribution in [2.24, 2.45) is 0 Å². The highest BCUT2D eigenvalue weighted by molar-refractivity contribution is 6.17. The molecular weight excluding hydrogens is 845 g/mol. The van der Waals surface area contributed by atoms with Gasteiger partial charge in [0.25, 0.3) is 0 Å². The molecule has 0 aliphatic carbocycles. The molecule has 0 saturated carbocycles. The zero-order valence-electron chi connectivity index (χ0n) is 37.0. The van der Waals surface area contributed by atoms with E-state index >= 15 is 0 Å². The highest BCUT2D eigenvalue weighted by atomic mass is 16.3. The van der Waals surface area contributed by atoms with Crippen LogP contribution in [0.5, 0.6) is 0 Å². The number of fused-ring (bicyclic) bond motifs is 9. The first-order valence-corrected chi connectivity index (χ1v) is 23.2. The van der Waals surface area contributed by atoms with Crippen molar-refractivity contribution >= 4 is 65.7 Å². The van der Waals surface area contributed by atoms with Crippen LogP contribution in [0.3, 0.4) is 0 Å². The van der Waals surface area contributed by atoms with Crippen LogP contribution in [0.2, 0.25) is 0 Å². The second-order valence-corrected chi connectivity index (χ2v) is 17.5. The van der Waals surface area contributed by atoms with E-state index in [2.05, 4.69) is 168 Å². The minimum absolute atomic E-state index is 0.542. The van der Waals surface area contributed by atoms with Gasteiger partial charge in [0.15, 0.2) is 17.5 Å². The molecule has 0 spiro atoms. The van der Waals surface area contributed by atoms with Crippen LogP contribution in [-0.4, -0.2) is 19.5 Å².